The second-order valence-corrected chi connectivity index (χ2v) is 5.97. The summed E-state index contributed by atoms with van der Waals surface area (Å²) in [5, 5.41) is 3.47. The van der Waals surface area contributed by atoms with Crippen LogP contribution in [0, 0.1) is 0 Å². The predicted octanol–water partition coefficient (Wildman–Crippen LogP) is 3.06. The Bertz CT molecular complexity index is 382. The van der Waals surface area contributed by atoms with Gasteiger partial charge in [-0.25, -0.2) is 0 Å². The molecule has 0 spiro atoms. The van der Waals surface area contributed by atoms with E-state index < -0.39 is 0 Å². The maximum atomic E-state index is 6.17. The van der Waals surface area contributed by atoms with Crippen LogP contribution in [0.15, 0.2) is 30.3 Å². The van der Waals surface area contributed by atoms with E-state index in [-0.39, 0.29) is 0 Å². The van der Waals surface area contributed by atoms with Gasteiger partial charge in [-0.2, -0.15) is 0 Å². The van der Waals surface area contributed by atoms with Gasteiger partial charge in [-0.1, -0.05) is 44.2 Å². The third-order valence-corrected chi connectivity index (χ3v) is 4.15. The Morgan fingerprint density at radius 1 is 1.14 bits per heavy atom. The molecule has 0 aromatic heterocycles. The third kappa shape index (κ3) is 5.77. The fourth-order valence-electron chi connectivity index (χ4n) is 2.94. The Balaban J connectivity index is 1.72. The van der Waals surface area contributed by atoms with Crippen LogP contribution in [0.25, 0.3) is 0 Å². The normalized spacial score (nSPS) is 22.0. The second kappa shape index (κ2) is 9.19. The van der Waals surface area contributed by atoms with E-state index in [1.54, 1.807) is 0 Å². The van der Waals surface area contributed by atoms with Gasteiger partial charge in [0.1, 0.15) is 0 Å². The van der Waals surface area contributed by atoms with Crippen LogP contribution in [-0.4, -0.2) is 43.3 Å². The van der Waals surface area contributed by atoms with Gasteiger partial charge in [0.05, 0.1) is 12.2 Å². The minimum Gasteiger partial charge on any atom is -0.372 e. The van der Waals surface area contributed by atoms with Crippen molar-refractivity contribution in [1.82, 2.24) is 10.2 Å². The van der Waals surface area contributed by atoms with Crippen molar-refractivity contribution in [3.05, 3.63) is 35.9 Å². The predicted molar refractivity (Wildman–Crippen MR) is 88.4 cm³/mol. The highest BCUT2D eigenvalue weighted by Crippen LogP contribution is 2.20. The number of benzene rings is 1. The SMILES string of the molecule is CCCNCC1CCC(CN(CC)Cc2ccccc2)O1. The molecule has 3 heteroatoms. The van der Waals surface area contributed by atoms with Crippen LogP contribution in [0.5, 0.6) is 0 Å². The van der Waals surface area contributed by atoms with E-state index in [2.05, 4.69) is 54.4 Å². The monoisotopic (exact) mass is 290 g/mol. The summed E-state index contributed by atoms with van der Waals surface area (Å²) < 4.78 is 6.17. The molecule has 1 aliphatic heterocycles. The Kier molecular flexibility index (Phi) is 7.20. The molecule has 1 aromatic carbocycles. The number of hydrogen-bond donors (Lipinski definition) is 1. The van der Waals surface area contributed by atoms with Crippen molar-refractivity contribution in [2.75, 3.05) is 26.2 Å². The Labute approximate surface area is 129 Å². The molecule has 3 nitrogen and oxygen atoms in total. The third-order valence-electron chi connectivity index (χ3n) is 4.15. The van der Waals surface area contributed by atoms with E-state index in [1.165, 1.54) is 24.8 Å². The van der Waals surface area contributed by atoms with Gasteiger partial charge in [0.15, 0.2) is 0 Å². The molecule has 1 N–H and O–H groups in total. The molecule has 2 unspecified atom stereocenters. The zero-order chi connectivity index (χ0) is 14.9. The average Bonchev–Trinajstić information content (AvgIpc) is 2.95. The van der Waals surface area contributed by atoms with E-state index in [0.717, 1.165) is 32.7 Å². The maximum Gasteiger partial charge on any atom is 0.0707 e. The Morgan fingerprint density at radius 3 is 2.62 bits per heavy atom. The molecule has 21 heavy (non-hydrogen) atoms. The minimum atomic E-state index is 0.405. The van der Waals surface area contributed by atoms with Crippen molar-refractivity contribution >= 4 is 0 Å². The molecule has 0 bridgehead atoms. The zero-order valence-corrected chi connectivity index (χ0v) is 13.6. The molecule has 2 rings (SSSR count). The van der Waals surface area contributed by atoms with Crippen LogP contribution in [-0.2, 0) is 11.3 Å². The quantitative estimate of drug-likeness (QED) is 0.707. The van der Waals surface area contributed by atoms with Crippen molar-refractivity contribution in [3.8, 4) is 0 Å². The van der Waals surface area contributed by atoms with Crippen LogP contribution in [0.3, 0.4) is 0 Å². The van der Waals surface area contributed by atoms with Gasteiger partial charge >= 0.3 is 0 Å². The number of hydrogen-bond acceptors (Lipinski definition) is 3. The van der Waals surface area contributed by atoms with Gasteiger partial charge in [0.25, 0.3) is 0 Å². The number of nitrogens with one attached hydrogen (secondary N) is 1. The smallest absolute Gasteiger partial charge is 0.0707 e. The summed E-state index contributed by atoms with van der Waals surface area (Å²) in [4.78, 5) is 2.49. The fraction of sp³-hybridized carbons (Fsp3) is 0.667. The van der Waals surface area contributed by atoms with Crippen LogP contribution in [0.1, 0.15) is 38.7 Å². The number of ether oxygens (including phenoxy) is 1. The molecular formula is C18H30N2O. The first kappa shape index (κ1) is 16.5. The summed E-state index contributed by atoms with van der Waals surface area (Å²) in [7, 11) is 0. The lowest BCUT2D eigenvalue weighted by Gasteiger charge is -2.24. The van der Waals surface area contributed by atoms with Gasteiger partial charge < -0.3 is 10.1 Å². The van der Waals surface area contributed by atoms with E-state index in [4.69, 9.17) is 4.74 Å². The number of rotatable bonds is 9. The highest BCUT2D eigenvalue weighted by molar-refractivity contribution is 5.14. The van der Waals surface area contributed by atoms with Gasteiger partial charge in [-0.3, -0.25) is 4.90 Å². The molecule has 2 atom stereocenters. The zero-order valence-electron chi connectivity index (χ0n) is 13.6. The van der Waals surface area contributed by atoms with Gasteiger partial charge in [0, 0.05) is 19.6 Å². The fourth-order valence-corrected chi connectivity index (χ4v) is 2.94. The first-order valence-corrected chi connectivity index (χ1v) is 8.44. The first-order valence-electron chi connectivity index (χ1n) is 8.44. The molecular weight excluding hydrogens is 260 g/mol. The second-order valence-electron chi connectivity index (χ2n) is 5.97. The van der Waals surface area contributed by atoms with Crippen molar-refractivity contribution in [2.45, 2.75) is 51.9 Å². The summed E-state index contributed by atoms with van der Waals surface area (Å²) in [6, 6.07) is 10.7. The molecule has 0 aliphatic carbocycles. The van der Waals surface area contributed by atoms with Crippen LogP contribution >= 0.6 is 0 Å². The lowest BCUT2D eigenvalue weighted by atomic mass is 10.1. The summed E-state index contributed by atoms with van der Waals surface area (Å²) in [5.41, 5.74) is 1.39. The Morgan fingerprint density at radius 2 is 1.90 bits per heavy atom. The molecule has 0 amide bonds. The van der Waals surface area contributed by atoms with Crippen molar-refractivity contribution in [3.63, 3.8) is 0 Å². The summed E-state index contributed by atoms with van der Waals surface area (Å²) in [6.07, 6.45) is 4.41. The highest BCUT2D eigenvalue weighted by atomic mass is 16.5. The molecule has 1 aliphatic rings. The molecule has 1 aromatic rings. The number of likely N-dealkylation sites (N-methyl/N-ethyl adjacent to an activating group) is 1. The summed E-state index contributed by atoms with van der Waals surface area (Å²) in [5.74, 6) is 0. The number of nitrogens with zero attached hydrogens (tertiary/aromatic N) is 1. The molecule has 118 valence electrons. The van der Waals surface area contributed by atoms with Crippen molar-refractivity contribution in [1.29, 1.82) is 0 Å². The topological polar surface area (TPSA) is 24.5 Å². The first-order chi connectivity index (χ1) is 10.3. The van der Waals surface area contributed by atoms with Crippen LogP contribution < -0.4 is 5.32 Å². The van der Waals surface area contributed by atoms with Crippen LogP contribution in [0.2, 0.25) is 0 Å². The van der Waals surface area contributed by atoms with Gasteiger partial charge in [-0.15, -0.1) is 0 Å². The van der Waals surface area contributed by atoms with Crippen molar-refractivity contribution < 1.29 is 4.74 Å². The largest absolute Gasteiger partial charge is 0.372 e. The molecule has 0 radical (unpaired) electrons. The minimum absolute atomic E-state index is 0.405. The molecule has 1 saturated heterocycles. The van der Waals surface area contributed by atoms with E-state index in [0.29, 0.717) is 12.2 Å². The maximum absolute atomic E-state index is 6.17. The average molecular weight is 290 g/mol. The standard InChI is InChI=1S/C18H30N2O/c1-3-12-19-13-17-10-11-18(21-17)15-20(4-2)14-16-8-6-5-7-9-16/h5-9,17-19H,3-4,10-15H2,1-2H3. The van der Waals surface area contributed by atoms with E-state index in [1.807, 2.05) is 0 Å². The lowest BCUT2D eigenvalue weighted by molar-refractivity contribution is 0.0229. The van der Waals surface area contributed by atoms with Gasteiger partial charge in [-0.05, 0) is 37.9 Å². The molecule has 1 fully saturated rings. The summed E-state index contributed by atoms with van der Waals surface area (Å²) in [6.45, 7) is 9.69. The van der Waals surface area contributed by atoms with Crippen molar-refractivity contribution in [2.24, 2.45) is 0 Å². The Hall–Kier alpha value is -0.900. The molecule has 0 saturated carbocycles. The molecule has 1 heterocycles. The lowest BCUT2D eigenvalue weighted by Crippen LogP contribution is -2.33. The van der Waals surface area contributed by atoms with Gasteiger partial charge in [0.2, 0.25) is 0 Å². The van der Waals surface area contributed by atoms with E-state index >= 15 is 0 Å². The van der Waals surface area contributed by atoms with E-state index in [9.17, 15) is 0 Å². The highest BCUT2D eigenvalue weighted by Gasteiger charge is 2.26. The summed E-state index contributed by atoms with van der Waals surface area (Å²) >= 11 is 0. The van der Waals surface area contributed by atoms with Crippen LogP contribution in [0.4, 0.5) is 0 Å².